The Bertz CT molecular complexity index is 1540. The number of aromatic nitrogens is 2. The summed E-state index contributed by atoms with van der Waals surface area (Å²) < 4.78 is 26.7. The zero-order valence-corrected chi connectivity index (χ0v) is 22.0. The van der Waals surface area contributed by atoms with Gasteiger partial charge in [-0.1, -0.05) is 30.3 Å². The summed E-state index contributed by atoms with van der Waals surface area (Å²) in [6.45, 7) is 2.87. The van der Waals surface area contributed by atoms with Gasteiger partial charge in [0.15, 0.2) is 5.13 Å². The van der Waals surface area contributed by atoms with E-state index in [1.807, 2.05) is 48.6 Å². The minimum absolute atomic E-state index is 0.180. The molecule has 2 aromatic heterocycles. The average molecular weight is 526 g/mol. The van der Waals surface area contributed by atoms with Crippen molar-refractivity contribution in [3.8, 4) is 11.3 Å². The highest BCUT2D eigenvalue weighted by molar-refractivity contribution is 7.90. The molecule has 188 valence electrons. The second kappa shape index (κ2) is 10.1. The van der Waals surface area contributed by atoms with E-state index in [1.165, 1.54) is 17.5 Å². The number of hydrogen-bond donors (Lipinski definition) is 2. The third-order valence-corrected chi connectivity index (χ3v) is 8.41. The van der Waals surface area contributed by atoms with Gasteiger partial charge in [-0.15, -0.1) is 11.3 Å². The molecule has 0 unspecified atom stereocenters. The van der Waals surface area contributed by atoms with E-state index in [4.69, 9.17) is 0 Å². The van der Waals surface area contributed by atoms with Gasteiger partial charge in [0.05, 0.1) is 28.6 Å². The number of benzene rings is 2. The van der Waals surface area contributed by atoms with Crippen LogP contribution in [0.3, 0.4) is 0 Å². The smallest absolute Gasteiger partial charge is 0.253 e. The summed E-state index contributed by atoms with van der Waals surface area (Å²) in [5, 5.41) is 7.37. The Morgan fingerprint density at radius 3 is 2.58 bits per heavy atom. The number of carbonyl (C=O) groups excluding carboxylic acids is 2. The molecule has 9 nitrogen and oxygen atoms in total. The molecule has 4 rings (SSSR count). The second-order valence-corrected chi connectivity index (χ2v) is 11.9. The maximum absolute atomic E-state index is 12.9. The lowest BCUT2D eigenvalue weighted by atomic mass is 10.1. The van der Waals surface area contributed by atoms with Crippen LogP contribution < -0.4 is 15.5 Å². The highest BCUT2D eigenvalue weighted by atomic mass is 32.2. The van der Waals surface area contributed by atoms with Crippen LogP contribution in [0.1, 0.15) is 24.2 Å². The normalized spacial score (nSPS) is 11.6. The van der Waals surface area contributed by atoms with Crippen molar-refractivity contribution in [2.45, 2.75) is 19.1 Å². The maximum atomic E-state index is 12.9. The number of anilines is 2. The molecule has 11 heteroatoms. The van der Waals surface area contributed by atoms with Crippen LogP contribution in [0.25, 0.3) is 22.2 Å². The first-order chi connectivity index (χ1) is 17.1. The van der Waals surface area contributed by atoms with Crippen LogP contribution in [0.2, 0.25) is 0 Å². The first-order valence-corrected chi connectivity index (χ1v) is 13.6. The van der Waals surface area contributed by atoms with Crippen molar-refractivity contribution in [3.05, 3.63) is 65.7 Å². The lowest BCUT2D eigenvalue weighted by Crippen LogP contribution is -2.32. The number of hydrogen-bond acceptors (Lipinski definition) is 7. The van der Waals surface area contributed by atoms with Gasteiger partial charge in [-0.3, -0.25) is 9.59 Å². The van der Waals surface area contributed by atoms with E-state index in [0.717, 1.165) is 20.9 Å². The van der Waals surface area contributed by atoms with E-state index in [9.17, 15) is 18.0 Å². The summed E-state index contributed by atoms with van der Waals surface area (Å²) in [5.74, 6) is -0.982. The van der Waals surface area contributed by atoms with Crippen LogP contribution >= 0.6 is 11.3 Å². The third kappa shape index (κ3) is 5.12. The SMILES string of the molecule is CC(C)S(=O)(=O)n1cc(C(=O)NCC(=O)Nc2nc(-c3cccc(N(C)C)c3)cs2)c2ccccc21. The molecule has 0 radical (unpaired) electrons. The fourth-order valence-corrected chi connectivity index (χ4v) is 5.47. The Morgan fingerprint density at radius 2 is 1.86 bits per heavy atom. The third-order valence-electron chi connectivity index (χ3n) is 5.61. The number of rotatable bonds is 8. The zero-order chi connectivity index (χ0) is 26.0. The molecule has 0 aliphatic carbocycles. The van der Waals surface area contributed by atoms with E-state index in [0.29, 0.717) is 16.0 Å². The summed E-state index contributed by atoms with van der Waals surface area (Å²) >= 11 is 1.29. The topological polar surface area (TPSA) is 113 Å². The van der Waals surface area contributed by atoms with Gasteiger partial charge in [0.2, 0.25) is 15.9 Å². The molecule has 0 aliphatic heterocycles. The van der Waals surface area contributed by atoms with Crippen molar-refractivity contribution < 1.29 is 18.0 Å². The fourth-order valence-electron chi connectivity index (χ4n) is 3.59. The van der Waals surface area contributed by atoms with Crippen molar-refractivity contribution in [3.63, 3.8) is 0 Å². The number of thiazole rings is 1. The summed E-state index contributed by atoms with van der Waals surface area (Å²) in [6.07, 6.45) is 1.31. The minimum atomic E-state index is -3.67. The van der Waals surface area contributed by atoms with Crippen molar-refractivity contribution in [1.29, 1.82) is 0 Å². The molecular weight excluding hydrogens is 498 g/mol. The maximum Gasteiger partial charge on any atom is 0.253 e. The van der Waals surface area contributed by atoms with Crippen LogP contribution in [-0.4, -0.2) is 55.1 Å². The molecule has 0 saturated carbocycles. The number of carbonyl (C=O) groups is 2. The lowest BCUT2D eigenvalue weighted by Gasteiger charge is -2.12. The first kappa shape index (κ1) is 25.4. The Labute approximate surface area is 213 Å². The summed E-state index contributed by atoms with van der Waals surface area (Å²) in [6, 6.07) is 14.7. The summed E-state index contributed by atoms with van der Waals surface area (Å²) in [5.41, 5.74) is 3.30. The van der Waals surface area contributed by atoms with Crippen LogP contribution in [0.4, 0.5) is 10.8 Å². The van der Waals surface area contributed by atoms with Gasteiger partial charge in [0.1, 0.15) is 0 Å². The van der Waals surface area contributed by atoms with Gasteiger partial charge in [0.25, 0.3) is 5.91 Å². The highest BCUT2D eigenvalue weighted by Crippen LogP contribution is 2.28. The molecular formula is C25H27N5O4S2. The Morgan fingerprint density at radius 1 is 1.11 bits per heavy atom. The molecule has 4 aromatic rings. The summed E-state index contributed by atoms with van der Waals surface area (Å²) in [7, 11) is 0.250. The van der Waals surface area contributed by atoms with Gasteiger partial charge in [-0.25, -0.2) is 17.4 Å². The molecule has 2 amide bonds. The first-order valence-electron chi connectivity index (χ1n) is 11.2. The Kier molecular flexibility index (Phi) is 7.14. The molecule has 2 N–H and O–H groups in total. The van der Waals surface area contributed by atoms with Gasteiger partial charge in [-0.05, 0) is 32.0 Å². The van der Waals surface area contributed by atoms with E-state index in [1.54, 1.807) is 38.1 Å². The quantitative estimate of drug-likeness (QED) is 0.362. The van der Waals surface area contributed by atoms with E-state index >= 15 is 0 Å². The van der Waals surface area contributed by atoms with Crippen LogP contribution in [0.15, 0.2) is 60.1 Å². The molecule has 2 heterocycles. The second-order valence-electron chi connectivity index (χ2n) is 8.66. The van der Waals surface area contributed by atoms with Crippen molar-refractivity contribution in [2.75, 3.05) is 30.9 Å². The largest absolute Gasteiger partial charge is 0.378 e. The van der Waals surface area contributed by atoms with Gasteiger partial charge >= 0.3 is 0 Å². The van der Waals surface area contributed by atoms with Crippen molar-refractivity contribution >= 4 is 54.9 Å². The Hall–Kier alpha value is -3.70. The van der Waals surface area contributed by atoms with Crippen molar-refractivity contribution in [2.24, 2.45) is 0 Å². The van der Waals surface area contributed by atoms with E-state index in [2.05, 4.69) is 15.6 Å². The predicted molar refractivity (Wildman–Crippen MR) is 144 cm³/mol. The molecule has 0 atom stereocenters. The number of nitrogens with one attached hydrogen (secondary N) is 2. The number of fused-ring (bicyclic) bond motifs is 1. The minimum Gasteiger partial charge on any atom is -0.378 e. The summed E-state index contributed by atoms with van der Waals surface area (Å²) in [4.78, 5) is 31.8. The molecule has 0 aliphatic rings. The van der Waals surface area contributed by atoms with Crippen LogP contribution in [0, 0.1) is 0 Å². The van der Waals surface area contributed by atoms with Gasteiger partial charge < -0.3 is 15.5 Å². The number of para-hydroxylation sites is 1. The molecule has 36 heavy (non-hydrogen) atoms. The molecule has 0 bridgehead atoms. The fraction of sp³-hybridized carbons (Fsp3) is 0.240. The molecule has 2 aromatic carbocycles. The molecule has 0 fully saturated rings. The van der Waals surface area contributed by atoms with Crippen LogP contribution in [-0.2, 0) is 14.8 Å². The Balaban J connectivity index is 1.45. The van der Waals surface area contributed by atoms with Gasteiger partial charge in [0, 0.05) is 42.3 Å². The van der Waals surface area contributed by atoms with E-state index < -0.39 is 27.1 Å². The van der Waals surface area contributed by atoms with Crippen molar-refractivity contribution in [1.82, 2.24) is 14.3 Å². The zero-order valence-electron chi connectivity index (χ0n) is 20.3. The monoisotopic (exact) mass is 525 g/mol. The molecule has 0 spiro atoms. The predicted octanol–water partition coefficient (Wildman–Crippen LogP) is 3.79. The highest BCUT2D eigenvalue weighted by Gasteiger charge is 2.24. The standard InChI is InChI=1S/C25H27N5O4S2/c1-16(2)36(33,34)30-14-20(19-10-5-6-11-22(19)30)24(32)26-13-23(31)28-25-27-21(15-35-25)17-8-7-9-18(12-17)29(3)4/h5-12,14-16H,13H2,1-4H3,(H,26,32)(H,27,28,31). The van der Waals surface area contributed by atoms with Crippen LogP contribution in [0.5, 0.6) is 0 Å². The lowest BCUT2D eigenvalue weighted by molar-refractivity contribution is -0.115. The number of nitrogens with zero attached hydrogens (tertiary/aromatic N) is 3. The number of amides is 2. The van der Waals surface area contributed by atoms with Gasteiger partial charge in [-0.2, -0.15) is 0 Å². The average Bonchev–Trinajstić information content (AvgIpc) is 3.48. The van der Waals surface area contributed by atoms with E-state index in [-0.39, 0.29) is 12.1 Å². The molecule has 0 saturated heterocycles.